The maximum absolute atomic E-state index is 11.1. The maximum Gasteiger partial charge on any atom is 0.341 e. The van der Waals surface area contributed by atoms with Gasteiger partial charge in [0.05, 0.1) is 6.26 Å². The Morgan fingerprint density at radius 3 is 2.93 bits per heavy atom. The molecule has 0 aliphatic heterocycles. The Kier molecular flexibility index (Phi) is 2.09. The second-order valence-corrected chi connectivity index (χ2v) is 2.78. The lowest BCUT2D eigenvalue weighted by Crippen LogP contribution is -2.18. The van der Waals surface area contributed by atoms with Crippen LogP contribution < -0.4 is 5.56 Å². The van der Waals surface area contributed by atoms with Crippen LogP contribution in [0.5, 0.6) is 0 Å². The molecule has 2 aromatic heterocycles. The van der Waals surface area contributed by atoms with Crippen LogP contribution in [0.25, 0.3) is 11.5 Å². The van der Waals surface area contributed by atoms with Gasteiger partial charge in [0.25, 0.3) is 5.56 Å². The monoisotopic (exact) mass is 206 g/mol. The summed E-state index contributed by atoms with van der Waals surface area (Å²) in [4.78, 5) is 21.7. The Labute approximate surface area is 83.2 Å². The van der Waals surface area contributed by atoms with E-state index in [0.717, 1.165) is 0 Å². The van der Waals surface area contributed by atoms with Crippen LogP contribution in [0, 0.1) is 0 Å². The van der Waals surface area contributed by atoms with Gasteiger partial charge in [0.2, 0.25) is 0 Å². The number of rotatable bonds is 2. The van der Waals surface area contributed by atoms with Gasteiger partial charge in [-0.05, 0) is 18.2 Å². The standard InChI is InChI=1S/C9H6N2O4/c12-8-5(9(13)14)4-6(10-11-8)7-2-1-3-15-7/h1-4H,(H,11,12)(H,13,14). The Balaban J connectivity index is 2.57. The molecule has 0 fully saturated rings. The Hall–Kier alpha value is -2.37. The van der Waals surface area contributed by atoms with Gasteiger partial charge in [-0.15, -0.1) is 0 Å². The van der Waals surface area contributed by atoms with E-state index in [1.807, 2.05) is 0 Å². The zero-order valence-corrected chi connectivity index (χ0v) is 7.43. The van der Waals surface area contributed by atoms with Crippen LogP contribution in [0.15, 0.2) is 33.7 Å². The zero-order chi connectivity index (χ0) is 10.8. The summed E-state index contributed by atoms with van der Waals surface area (Å²) in [5.74, 6) is -0.903. The fourth-order valence-electron chi connectivity index (χ4n) is 1.12. The van der Waals surface area contributed by atoms with Crippen molar-refractivity contribution in [2.45, 2.75) is 0 Å². The number of nitrogens with zero attached hydrogens (tertiary/aromatic N) is 1. The first-order chi connectivity index (χ1) is 7.18. The molecule has 0 unspecified atom stereocenters. The molecule has 2 aromatic rings. The second-order valence-electron chi connectivity index (χ2n) is 2.78. The fraction of sp³-hybridized carbons (Fsp3) is 0. The minimum absolute atomic E-state index is 0.275. The van der Waals surface area contributed by atoms with Crippen molar-refractivity contribution < 1.29 is 14.3 Å². The van der Waals surface area contributed by atoms with Gasteiger partial charge in [0, 0.05) is 0 Å². The highest BCUT2D eigenvalue weighted by molar-refractivity contribution is 5.88. The molecule has 0 saturated heterocycles. The number of nitrogens with one attached hydrogen (secondary N) is 1. The molecule has 0 radical (unpaired) electrons. The number of aromatic amines is 1. The van der Waals surface area contributed by atoms with Crippen LogP contribution in [0.2, 0.25) is 0 Å². The number of carboxylic acid groups (broad SMARTS) is 1. The summed E-state index contributed by atoms with van der Waals surface area (Å²) in [7, 11) is 0. The zero-order valence-electron chi connectivity index (χ0n) is 7.43. The van der Waals surface area contributed by atoms with Gasteiger partial charge >= 0.3 is 5.97 Å². The van der Waals surface area contributed by atoms with Gasteiger partial charge in [-0.25, -0.2) is 9.89 Å². The molecule has 0 aromatic carbocycles. The summed E-state index contributed by atoms with van der Waals surface area (Å²) in [5.41, 5.74) is -0.828. The number of H-pyrrole nitrogens is 1. The van der Waals surface area contributed by atoms with Gasteiger partial charge in [0.15, 0.2) is 5.76 Å². The van der Waals surface area contributed by atoms with Crippen molar-refractivity contribution in [3.05, 3.63) is 40.4 Å². The number of furan rings is 1. The van der Waals surface area contributed by atoms with Crippen molar-refractivity contribution in [1.29, 1.82) is 0 Å². The normalized spacial score (nSPS) is 10.1. The molecule has 6 heteroatoms. The number of carboxylic acids is 1. The Morgan fingerprint density at radius 2 is 2.33 bits per heavy atom. The van der Waals surface area contributed by atoms with E-state index >= 15 is 0 Å². The molecule has 76 valence electrons. The first-order valence-electron chi connectivity index (χ1n) is 4.05. The lowest BCUT2D eigenvalue weighted by Gasteiger charge is -1.96. The lowest BCUT2D eigenvalue weighted by atomic mass is 10.2. The van der Waals surface area contributed by atoms with Crippen molar-refractivity contribution in [3.8, 4) is 11.5 Å². The predicted octanol–water partition coefficient (Wildman–Crippen LogP) is 0.728. The van der Waals surface area contributed by atoms with Gasteiger partial charge in [-0.1, -0.05) is 0 Å². The van der Waals surface area contributed by atoms with Crippen molar-refractivity contribution in [1.82, 2.24) is 10.2 Å². The molecule has 0 aliphatic rings. The average Bonchev–Trinajstić information content (AvgIpc) is 2.71. The Morgan fingerprint density at radius 1 is 1.53 bits per heavy atom. The molecule has 0 amide bonds. The second kappa shape index (κ2) is 3.41. The van der Waals surface area contributed by atoms with E-state index in [0.29, 0.717) is 5.76 Å². The molecule has 0 atom stereocenters. The third-order valence-electron chi connectivity index (χ3n) is 1.81. The maximum atomic E-state index is 11.1. The number of hydrogen-bond donors (Lipinski definition) is 2. The van der Waals surface area contributed by atoms with E-state index < -0.39 is 11.5 Å². The topological polar surface area (TPSA) is 96.2 Å². The molecule has 2 rings (SSSR count). The van der Waals surface area contributed by atoms with E-state index in [1.54, 1.807) is 12.1 Å². The largest absolute Gasteiger partial charge is 0.477 e. The Bertz CT molecular complexity index is 541. The summed E-state index contributed by atoms with van der Waals surface area (Å²) in [6.07, 6.45) is 1.43. The molecule has 15 heavy (non-hydrogen) atoms. The predicted molar refractivity (Wildman–Crippen MR) is 49.5 cm³/mol. The third-order valence-corrected chi connectivity index (χ3v) is 1.81. The fourth-order valence-corrected chi connectivity index (χ4v) is 1.12. The molecule has 6 nitrogen and oxygen atoms in total. The number of hydrogen-bond acceptors (Lipinski definition) is 4. The lowest BCUT2D eigenvalue weighted by molar-refractivity contribution is 0.0694. The summed E-state index contributed by atoms with van der Waals surface area (Å²) in [6.45, 7) is 0. The number of aromatic carboxylic acids is 1. The highest BCUT2D eigenvalue weighted by Gasteiger charge is 2.12. The van der Waals surface area contributed by atoms with E-state index in [4.69, 9.17) is 9.52 Å². The SMILES string of the molecule is O=C(O)c1cc(-c2ccco2)n[nH]c1=O. The van der Waals surface area contributed by atoms with Gasteiger partial charge in [-0.3, -0.25) is 4.79 Å². The van der Waals surface area contributed by atoms with Crippen LogP contribution in [-0.2, 0) is 0 Å². The smallest absolute Gasteiger partial charge is 0.341 e. The summed E-state index contributed by atoms with van der Waals surface area (Å²) in [5, 5.41) is 14.5. The number of carbonyl (C=O) groups is 1. The molecule has 0 spiro atoms. The van der Waals surface area contributed by atoms with Crippen molar-refractivity contribution in [2.75, 3.05) is 0 Å². The first kappa shape index (κ1) is 9.20. The molecule has 0 aliphatic carbocycles. The van der Waals surface area contributed by atoms with Gasteiger partial charge in [0.1, 0.15) is 11.3 Å². The average molecular weight is 206 g/mol. The molecule has 2 heterocycles. The van der Waals surface area contributed by atoms with Gasteiger partial charge < -0.3 is 9.52 Å². The molecular weight excluding hydrogens is 200 g/mol. The van der Waals surface area contributed by atoms with E-state index in [9.17, 15) is 9.59 Å². The highest BCUT2D eigenvalue weighted by atomic mass is 16.4. The van der Waals surface area contributed by atoms with Crippen molar-refractivity contribution in [3.63, 3.8) is 0 Å². The van der Waals surface area contributed by atoms with Crippen LogP contribution in [0.4, 0.5) is 0 Å². The van der Waals surface area contributed by atoms with Gasteiger partial charge in [-0.2, -0.15) is 5.10 Å². The number of aromatic nitrogens is 2. The minimum Gasteiger partial charge on any atom is -0.477 e. The minimum atomic E-state index is -1.30. The molecule has 0 bridgehead atoms. The molecule has 2 N–H and O–H groups in total. The van der Waals surface area contributed by atoms with Crippen LogP contribution in [0.3, 0.4) is 0 Å². The quantitative estimate of drug-likeness (QED) is 0.754. The highest BCUT2D eigenvalue weighted by Crippen LogP contribution is 2.15. The first-order valence-corrected chi connectivity index (χ1v) is 4.05. The molecule has 0 saturated carbocycles. The third kappa shape index (κ3) is 1.64. The van der Waals surface area contributed by atoms with Crippen LogP contribution in [0.1, 0.15) is 10.4 Å². The van der Waals surface area contributed by atoms with E-state index in [1.165, 1.54) is 12.3 Å². The van der Waals surface area contributed by atoms with Crippen LogP contribution >= 0.6 is 0 Å². The van der Waals surface area contributed by atoms with Crippen molar-refractivity contribution in [2.24, 2.45) is 0 Å². The molecular formula is C9H6N2O4. The summed E-state index contributed by atoms with van der Waals surface area (Å²) in [6, 6.07) is 4.43. The van der Waals surface area contributed by atoms with E-state index in [-0.39, 0.29) is 11.3 Å². The van der Waals surface area contributed by atoms with Crippen molar-refractivity contribution >= 4 is 5.97 Å². The summed E-state index contributed by atoms with van der Waals surface area (Å²) >= 11 is 0. The van der Waals surface area contributed by atoms with E-state index in [2.05, 4.69) is 10.2 Å². The van der Waals surface area contributed by atoms with Crippen LogP contribution in [-0.4, -0.2) is 21.3 Å². The summed E-state index contributed by atoms with van der Waals surface area (Å²) < 4.78 is 5.02.